The first-order valence-electron chi connectivity index (χ1n) is 6.64. The molecule has 0 aliphatic heterocycles. The summed E-state index contributed by atoms with van der Waals surface area (Å²) < 4.78 is 11.3. The number of hydrogen-bond acceptors (Lipinski definition) is 5. The average molecular weight is 352 g/mol. The van der Waals surface area contributed by atoms with Crippen LogP contribution in [0.1, 0.15) is 18.3 Å². The van der Waals surface area contributed by atoms with Gasteiger partial charge in [-0.05, 0) is 33.6 Å². The summed E-state index contributed by atoms with van der Waals surface area (Å²) in [5.41, 5.74) is 1.08. The minimum atomic E-state index is 0.646. The van der Waals surface area contributed by atoms with Gasteiger partial charge in [-0.25, -0.2) is 9.97 Å². The van der Waals surface area contributed by atoms with Crippen LogP contribution in [0.5, 0.6) is 11.5 Å². The van der Waals surface area contributed by atoms with Gasteiger partial charge in [-0.2, -0.15) is 0 Å². The lowest BCUT2D eigenvalue weighted by molar-refractivity contribution is 0.354. The van der Waals surface area contributed by atoms with E-state index in [9.17, 15) is 0 Å². The summed E-state index contributed by atoms with van der Waals surface area (Å²) in [6, 6.07) is 7.69. The van der Waals surface area contributed by atoms with E-state index in [1.807, 2.05) is 31.2 Å². The van der Waals surface area contributed by atoms with E-state index in [1.54, 1.807) is 14.2 Å². The fourth-order valence-electron chi connectivity index (χ4n) is 1.90. The predicted molar refractivity (Wildman–Crippen MR) is 86.0 cm³/mol. The number of hydrogen-bond donors (Lipinski definition) is 1. The molecular weight excluding hydrogens is 334 g/mol. The molecule has 0 spiro atoms. The van der Waals surface area contributed by atoms with Crippen LogP contribution in [0.3, 0.4) is 0 Å². The molecule has 1 heterocycles. The van der Waals surface area contributed by atoms with Crippen LogP contribution >= 0.6 is 15.9 Å². The van der Waals surface area contributed by atoms with E-state index in [4.69, 9.17) is 9.47 Å². The molecule has 6 heteroatoms. The summed E-state index contributed by atoms with van der Waals surface area (Å²) in [5.74, 6) is 3.04. The minimum absolute atomic E-state index is 0.646. The van der Waals surface area contributed by atoms with Gasteiger partial charge in [0.2, 0.25) is 0 Å². The molecule has 0 bridgehead atoms. The average Bonchev–Trinajstić information content (AvgIpc) is 2.52. The van der Waals surface area contributed by atoms with Crippen LogP contribution in [-0.4, -0.2) is 24.2 Å². The molecule has 0 atom stereocenters. The van der Waals surface area contributed by atoms with Crippen molar-refractivity contribution in [2.75, 3.05) is 19.5 Å². The van der Waals surface area contributed by atoms with Crippen molar-refractivity contribution in [2.45, 2.75) is 19.9 Å². The van der Waals surface area contributed by atoms with Crippen molar-refractivity contribution in [1.29, 1.82) is 0 Å². The summed E-state index contributed by atoms with van der Waals surface area (Å²) >= 11 is 3.39. The maximum absolute atomic E-state index is 5.30. The van der Waals surface area contributed by atoms with E-state index in [0.717, 1.165) is 39.7 Å². The van der Waals surface area contributed by atoms with Crippen molar-refractivity contribution in [3.63, 3.8) is 0 Å². The maximum atomic E-state index is 5.30. The fraction of sp³-hybridized carbons (Fsp3) is 0.333. The molecule has 1 N–H and O–H groups in total. The number of methoxy groups -OCH3 is 2. The summed E-state index contributed by atoms with van der Waals surface area (Å²) in [6.45, 7) is 2.67. The van der Waals surface area contributed by atoms with E-state index >= 15 is 0 Å². The molecule has 5 nitrogen and oxygen atoms in total. The fourth-order valence-corrected chi connectivity index (χ4v) is 2.32. The van der Waals surface area contributed by atoms with Gasteiger partial charge < -0.3 is 14.8 Å². The number of halogens is 1. The largest absolute Gasteiger partial charge is 0.493 e. The highest BCUT2D eigenvalue weighted by Gasteiger charge is 2.06. The van der Waals surface area contributed by atoms with Crippen LogP contribution < -0.4 is 14.8 Å². The third-order valence-corrected chi connectivity index (χ3v) is 3.39. The second kappa shape index (κ2) is 7.26. The number of rotatable bonds is 6. The van der Waals surface area contributed by atoms with Gasteiger partial charge in [0.05, 0.1) is 14.2 Å². The molecule has 0 radical (unpaired) electrons. The summed E-state index contributed by atoms with van der Waals surface area (Å²) in [4.78, 5) is 8.72. The van der Waals surface area contributed by atoms with Gasteiger partial charge >= 0.3 is 0 Å². The SMILES string of the molecule is CCc1nc(Br)cc(NCc2ccc(OC)c(OC)c2)n1. The zero-order valence-corrected chi connectivity index (χ0v) is 13.9. The van der Waals surface area contributed by atoms with E-state index in [1.165, 1.54) is 0 Å². The first-order chi connectivity index (χ1) is 10.2. The molecule has 1 aromatic heterocycles. The molecule has 0 saturated carbocycles. The topological polar surface area (TPSA) is 56.3 Å². The highest BCUT2D eigenvalue weighted by molar-refractivity contribution is 9.10. The smallest absolute Gasteiger partial charge is 0.161 e. The molecule has 21 heavy (non-hydrogen) atoms. The number of anilines is 1. The monoisotopic (exact) mass is 351 g/mol. The quantitative estimate of drug-likeness (QED) is 0.808. The summed E-state index contributed by atoms with van der Waals surface area (Å²) in [6.07, 6.45) is 0.796. The van der Waals surface area contributed by atoms with Gasteiger partial charge in [0.25, 0.3) is 0 Å². The van der Waals surface area contributed by atoms with Crippen molar-refractivity contribution >= 4 is 21.7 Å². The first-order valence-corrected chi connectivity index (χ1v) is 7.43. The number of aryl methyl sites for hydroxylation is 1. The molecule has 0 fully saturated rings. The van der Waals surface area contributed by atoms with E-state index in [-0.39, 0.29) is 0 Å². The number of ether oxygens (including phenoxy) is 2. The maximum Gasteiger partial charge on any atom is 0.161 e. The van der Waals surface area contributed by atoms with Crippen molar-refractivity contribution < 1.29 is 9.47 Å². The Balaban J connectivity index is 2.11. The second-order valence-corrected chi connectivity index (χ2v) is 5.20. The standard InChI is InChI=1S/C15H18BrN3O2/c1-4-14-18-13(16)8-15(19-14)17-9-10-5-6-11(20-2)12(7-10)21-3/h5-8H,4,9H2,1-3H3,(H,17,18,19). The van der Waals surface area contributed by atoms with Gasteiger partial charge in [0.15, 0.2) is 11.5 Å². The Bertz CT molecular complexity index is 620. The molecule has 0 aliphatic carbocycles. The van der Waals surface area contributed by atoms with Gasteiger partial charge in [-0.1, -0.05) is 13.0 Å². The van der Waals surface area contributed by atoms with Gasteiger partial charge in [-0.3, -0.25) is 0 Å². The molecule has 0 saturated heterocycles. The Morgan fingerprint density at radius 3 is 2.52 bits per heavy atom. The van der Waals surface area contributed by atoms with E-state index < -0.39 is 0 Å². The van der Waals surface area contributed by atoms with Crippen LogP contribution in [-0.2, 0) is 13.0 Å². The third kappa shape index (κ3) is 4.07. The van der Waals surface area contributed by atoms with Gasteiger partial charge in [0.1, 0.15) is 16.2 Å². The first kappa shape index (κ1) is 15.6. The number of nitrogens with one attached hydrogen (secondary N) is 1. The molecule has 0 unspecified atom stereocenters. The van der Waals surface area contributed by atoms with Crippen LogP contribution in [0.25, 0.3) is 0 Å². The van der Waals surface area contributed by atoms with Crippen LogP contribution in [0.2, 0.25) is 0 Å². The number of benzene rings is 1. The van der Waals surface area contributed by atoms with E-state index in [2.05, 4.69) is 31.2 Å². The molecule has 2 aromatic rings. The van der Waals surface area contributed by atoms with E-state index in [0.29, 0.717) is 6.54 Å². The van der Waals surface area contributed by atoms with Crippen LogP contribution in [0.15, 0.2) is 28.9 Å². The normalized spacial score (nSPS) is 10.3. The van der Waals surface area contributed by atoms with Crippen LogP contribution in [0, 0.1) is 0 Å². The van der Waals surface area contributed by atoms with Crippen molar-refractivity contribution in [3.8, 4) is 11.5 Å². The summed E-state index contributed by atoms with van der Waals surface area (Å²) in [7, 11) is 3.25. The molecule has 2 rings (SSSR count). The van der Waals surface area contributed by atoms with Crippen molar-refractivity contribution in [2.24, 2.45) is 0 Å². The van der Waals surface area contributed by atoms with Crippen LogP contribution in [0.4, 0.5) is 5.82 Å². The molecule has 112 valence electrons. The lowest BCUT2D eigenvalue weighted by atomic mass is 10.2. The Morgan fingerprint density at radius 1 is 1.10 bits per heavy atom. The molecular formula is C15H18BrN3O2. The minimum Gasteiger partial charge on any atom is -0.493 e. The Kier molecular flexibility index (Phi) is 5.38. The summed E-state index contributed by atoms with van der Waals surface area (Å²) in [5, 5.41) is 3.29. The predicted octanol–water partition coefficient (Wildman–Crippen LogP) is 3.43. The zero-order chi connectivity index (χ0) is 15.2. The number of nitrogens with zero attached hydrogens (tertiary/aromatic N) is 2. The highest BCUT2D eigenvalue weighted by atomic mass is 79.9. The zero-order valence-electron chi connectivity index (χ0n) is 12.3. The van der Waals surface area contributed by atoms with Gasteiger partial charge in [0, 0.05) is 19.0 Å². The van der Waals surface area contributed by atoms with Crippen molar-refractivity contribution in [1.82, 2.24) is 9.97 Å². The Morgan fingerprint density at radius 2 is 1.86 bits per heavy atom. The lowest BCUT2D eigenvalue weighted by Gasteiger charge is -2.11. The second-order valence-electron chi connectivity index (χ2n) is 4.39. The van der Waals surface area contributed by atoms with Crippen molar-refractivity contribution in [3.05, 3.63) is 40.3 Å². The highest BCUT2D eigenvalue weighted by Crippen LogP contribution is 2.27. The van der Waals surface area contributed by atoms with Gasteiger partial charge in [-0.15, -0.1) is 0 Å². The molecule has 0 aliphatic rings. The Hall–Kier alpha value is -1.82. The number of aromatic nitrogens is 2. The molecule has 1 aromatic carbocycles. The Labute approximate surface area is 132 Å². The lowest BCUT2D eigenvalue weighted by Crippen LogP contribution is -2.04. The molecule has 0 amide bonds. The third-order valence-electron chi connectivity index (χ3n) is 2.98.